The number of allylic oxidation sites excluding steroid dienone is 1. The van der Waals surface area contributed by atoms with Crippen LogP contribution < -0.4 is 4.74 Å². The van der Waals surface area contributed by atoms with Gasteiger partial charge in [-0.05, 0) is 57.2 Å². The van der Waals surface area contributed by atoms with E-state index in [0.717, 1.165) is 5.56 Å². The molecule has 0 heterocycles. The molecule has 0 aliphatic carbocycles. The van der Waals surface area contributed by atoms with Crippen molar-refractivity contribution in [2.75, 3.05) is 0 Å². The van der Waals surface area contributed by atoms with Gasteiger partial charge >= 0.3 is 11.9 Å². The lowest BCUT2D eigenvalue weighted by Gasteiger charge is -2.24. The van der Waals surface area contributed by atoms with E-state index in [2.05, 4.69) is 20.4 Å². The molecule has 0 saturated heterocycles. The lowest BCUT2D eigenvalue weighted by molar-refractivity contribution is -0.142. The molecule has 0 saturated carbocycles. The van der Waals surface area contributed by atoms with Crippen molar-refractivity contribution in [2.24, 2.45) is 0 Å². The van der Waals surface area contributed by atoms with E-state index in [0.29, 0.717) is 23.3 Å². The molecule has 0 aliphatic heterocycles. The van der Waals surface area contributed by atoms with Crippen molar-refractivity contribution < 1.29 is 19.1 Å². The Labute approximate surface area is 150 Å². The molecule has 0 aromatic heterocycles. The number of hydrogen-bond acceptors (Lipinski definition) is 4. The highest BCUT2D eigenvalue weighted by molar-refractivity contribution is 5.88. The van der Waals surface area contributed by atoms with Crippen LogP contribution in [0.4, 0.5) is 0 Å². The first-order valence-corrected chi connectivity index (χ1v) is 8.39. The molecule has 0 atom stereocenters. The molecule has 1 aromatic carbocycles. The maximum Gasteiger partial charge on any atom is 0.338 e. The Kier molecular flexibility index (Phi) is 7.16. The second-order valence-electron chi connectivity index (χ2n) is 7.12. The molecule has 136 valence electrons. The third kappa shape index (κ3) is 6.57. The summed E-state index contributed by atoms with van der Waals surface area (Å²) in [5, 5.41) is 0. The van der Waals surface area contributed by atoms with E-state index < -0.39 is 5.97 Å². The molecule has 0 amide bonds. The summed E-state index contributed by atoms with van der Waals surface area (Å²) in [4.78, 5) is 23.4. The normalized spacial score (nSPS) is 12.0. The quantitative estimate of drug-likeness (QED) is 0.407. The van der Waals surface area contributed by atoms with Crippen molar-refractivity contribution in [2.45, 2.75) is 59.5 Å². The molecule has 0 unspecified atom stereocenters. The standard InChI is InChI=1S/C21H28O4/c1-14(2)19(22)25-18-10-8-17(9-11-18)21(6,7)13-12-16(5)20(23)24-15(3)4/h8-12,15H,1,13H2,2-7H3/b16-12+. The van der Waals surface area contributed by atoms with E-state index in [1.807, 2.05) is 32.1 Å². The van der Waals surface area contributed by atoms with Gasteiger partial charge in [0.05, 0.1) is 6.10 Å². The van der Waals surface area contributed by atoms with Crippen LogP contribution in [0, 0.1) is 0 Å². The highest BCUT2D eigenvalue weighted by atomic mass is 16.5. The summed E-state index contributed by atoms with van der Waals surface area (Å²) in [6.07, 6.45) is 2.47. The summed E-state index contributed by atoms with van der Waals surface area (Å²) in [5.74, 6) is -0.234. The Morgan fingerprint density at radius 2 is 1.68 bits per heavy atom. The minimum absolute atomic E-state index is 0.127. The fraction of sp³-hybridized carbons (Fsp3) is 0.429. The SMILES string of the molecule is C=C(C)C(=O)Oc1ccc(C(C)(C)C/C=C(\C)C(=O)OC(C)C)cc1. The predicted octanol–water partition coefficient (Wildman–Crippen LogP) is 4.73. The molecule has 1 rings (SSSR count). The van der Waals surface area contributed by atoms with Gasteiger partial charge in [0.25, 0.3) is 0 Å². The highest BCUT2D eigenvalue weighted by Gasteiger charge is 2.20. The number of benzene rings is 1. The number of rotatable bonds is 7. The maximum atomic E-state index is 11.9. The van der Waals surface area contributed by atoms with E-state index in [1.165, 1.54) is 0 Å². The van der Waals surface area contributed by atoms with Crippen LogP contribution in [0.2, 0.25) is 0 Å². The summed E-state index contributed by atoms with van der Waals surface area (Å²) in [6, 6.07) is 7.39. The molecule has 1 aromatic rings. The van der Waals surface area contributed by atoms with Crippen LogP contribution in [0.15, 0.2) is 48.1 Å². The second kappa shape index (κ2) is 8.65. The Morgan fingerprint density at radius 3 is 2.16 bits per heavy atom. The summed E-state index contributed by atoms with van der Waals surface area (Å²) in [7, 11) is 0. The monoisotopic (exact) mass is 344 g/mol. The molecule has 0 bridgehead atoms. The van der Waals surface area contributed by atoms with Gasteiger partial charge in [0.2, 0.25) is 0 Å². The Balaban J connectivity index is 2.80. The maximum absolute atomic E-state index is 11.9. The van der Waals surface area contributed by atoms with Gasteiger partial charge in [-0.3, -0.25) is 0 Å². The van der Waals surface area contributed by atoms with Crippen LogP contribution in [0.1, 0.15) is 53.5 Å². The first-order valence-electron chi connectivity index (χ1n) is 8.39. The number of ether oxygens (including phenoxy) is 2. The van der Waals surface area contributed by atoms with Crippen molar-refractivity contribution in [3.63, 3.8) is 0 Å². The minimum Gasteiger partial charge on any atom is -0.460 e. The zero-order valence-corrected chi connectivity index (χ0v) is 16.0. The van der Waals surface area contributed by atoms with Crippen LogP contribution >= 0.6 is 0 Å². The largest absolute Gasteiger partial charge is 0.460 e. The zero-order chi connectivity index (χ0) is 19.2. The van der Waals surface area contributed by atoms with E-state index in [4.69, 9.17) is 9.47 Å². The fourth-order valence-electron chi connectivity index (χ4n) is 2.08. The van der Waals surface area contributed by atoms with Crippen molar-refractivity contribution in [3.05, 3.63) is 53.6 Å². The van der Waals surface area contributed by atoms with E-state index in [-0.39, 0.29) is 17.5 Å². The lowest BCUT2D eigenvalue weighted by atomic mass is 9.81. The van der Waals surface area contributed by atoms with Crippen LogP contribution in [0.3, 0.4) is 0 Å². The summed E-state index contributed by atoms with van der Waals surface area (Å²) >= 11 is 0. The average molecular weight is 344 g/mol. The van der Waals surface area contributed by atoms with Gasteiger partial charge in [-0.2, -0.15) is 0 Å². The second-order valence-corrected chi connectivity index (χ2v) is 7.12. The van der Waals surface area contributed by atoms with Gasteiger partial charge in [0.1, 0.15) is 5.75 Å². The molecule has 25 heavy (non-hydrogen) atoms. The van der Waals surface area contributed by atoms with E-state index >= 15 is 0 Å². The number of hydrogen-bond donors (Lipinski definition) is 0. The molecular formula is C21H28O4. The first-order chi connectivity index (χ1) is 11.5. The van der Waals surface area contributed by atoms with Crippen LogP contribution in [0.25, 0.3) is 0 Å². The van der Waals surface area contributed by atoms with E-state index in [1.54, 1.807) is 26.0 Å². The zero-order valence-electron chi connectivity index (χ0n) is 16.0. The Morgan fingerprint density at radius 1 is 1.12 bits per heavy atom. The van der Waals surface area contributed by atoms with E-state index in [9.17, 15) is 9.59 Å². The number of carbonyl (C=O) groups is 2. The predicted molar refractivity (Wildman–Crippen MR) is 99.5 cm³/mol. The van der Waals surface area contributed by atoms with Crippen molar-refractivity contribution in [1.29, 1.82) is 0 Å². The van der Waals surface area contributed by atoms with Crippen molar-refractivity contribution in [3.8, 4) is 5.75 Å². The van der Waals surface area contributed by atoms with Crippen molar-refractivity contribution >= 4 is 11.9 Å². The minimum atomic E-state index is -0.436. The molecular weight excluding hydrogens is 316 g/mol. The van der Waals surface area contributed by atoms with Crippen molar-refractivity contribution in [1.82, 2.24) is 0 Å². The smallest absolute Gasteiger partial charge is 0.338 e. The summed E-state index contributed by atoms with van der Waals surface area (Å²) < 4.78 is 10.4. The summed E-state index contributed by atoms with van der Waals surface area (Å²) in [5.41, 5.74) is 1.88. The fourth-order valence-corrected chi connectivity index (χ4v) is 2.08. The number of carbonyl (C=O) groups excluding carboxylic acids is 2. The third-order valence-corrected chi connectivity index (χ3v) is 3.78. The van der Waals surface area contributed by atoms with Gasteiger partial charge in [0, 0.05) is 11.1 Å². The molecule has 4 heteroatoms. The van der Waals surface area contributed by atoms with Gasteiger partial charge in [-0.15, -0.1) is 0 Å². The lowest BCUT2D eigenvalue weighted by Crippen LogP contribution is -2.17. The molecule has 0 N–H and O–H groups in total. The van der Waals surface area contributed by atoms with Crippen LogP contribution in [-0.2, 0) is 19.7 Å². The average Bonchev–Trinajstić information content (AvgIpc) is 2.52. The van der Waals surface area contributed by atoms with Gasteiger partial charge in [0.15, 0.2) is 0 Å². The molecule has 0 spiro atoms. The number of esters is 2. The molecule has 0 fully saturated rings. The first kappa shape index (κ1) is 20.7. The van der Waals surface area contributed by atoms with Crippen LogP contribution in [-0.4, -0.2) is 18.0 Å². The third-order valence-electron chi connectivity index (χ3n) is 3.78. The molecule has 0 radical (unpaired) electrons. The highest BCUT2D eigenvalue weighted by Crippen LogP contribution is 2.29. The van der Waals surface area contributed by atoms with Crippen LogP contribution in [0.5, 0.6) is 5.75 Å². The topological polar surface area (TPSA) is 52.6 Å². The summed E-state index contributed by atoms with van der Waals surface area (Å²) in [6.45, 7) is 14.8. The van der Waals surface area contributed by atoms with Gasteiger partial charge in [-0.1, -0.05) is 38.6 Å². The van der Waals surface area contributed by atoms with Gasteiger partial charge < -0.3 is 9.47 Å². The van der Waals surface area contributed by atoms with Gasteiger partial charge in [-0.25, -0.2) is 9.59 Å². The molecule has 4 nitrogen and oxygen atoms in total. The Bertz CT molecular complexity index is 664. The Hall–Kier alpha value is -2.36. The molecule has 0 aliphatic rings.